The van der Waals surface area contributed by atoms with Crippen LogP contribution in [-0.2, 0) is 30.7 Å². The number of hydrogen-bond donors (Lipinski definition) is 1. The number of nitrogens with one attached hydrogen (secondary N) is 1. The van der Waals surface area contributed by atoms with E-state index in [-0.39, 0.29) is 23.7 Å². The summed E-state index contributed by atoms with van der Waals surface area (Å²) in [5, 5.41) is 2.56. The van der Waals surface area contributed by atoms with Crippen LogP contribution in [0.2, 0.25) is 0 Å². The molecule has 0 saturated heterocycles. The van der Waals surface area contributed by atoms with Gasteiger partial charge in [0.15, 0.2) is 9.84 Å². The number of methoxy groups -OCH3 is 1. The Kier molecular flexibility index (Phi) is 9.08. The minimum Gasteiger partial charge on any atom is -0.445 e. The molecule has 1 N–H and O–H groups in total. The van der Waals surface area contributed by atoms with Crippen molar-refractivity contribution in [2.24, 2.45) is 0 Å². The quantitative estimate of drug-likeness (QED) is 0.439. The van der Waals surface area contributed by atoms with Crippen LogP contribution in [0.4, 0.5) is 9.59 Å². The molecule has 0 aliphatic heterocycles. The SMILES string of the molecule is C=C[C@H](OC(=O)OC)[C@@H](CCS(=O)(=O)c1ccccc1)NC(=O)OCc1ccccc1. The average molecular weight is 448 g/mol. The maximum atomic E-state index is 12.6. The summed E-state index contributed by atoms with van der Waals surface area (Å²) >= 11 is 0. The first-order valence-corrected chi connectivity index (χ1v) is 11.1. The maximum Gasteiger partial charge on any atom is 0.508 e. The molecule has 0 unspecified atom stereocenters. The lowest BCUT2D eigenvalue weighted by Gasteiger charge is -2.25. The number of carbonyl (C=O) groups excluding carboxylic acids is 2. The molecule has 0 bridgehead atoms. The van der Waals surface area contributed by atoms with Gasteiger partial charge in [0.25, 0.3) is 0 Å². The van der Waals surface area contributed by atoms with Gasteiger partial charge in [-0.1, -0.05) is 55.1 Å². The van der Waals surface area contributed by atoms with Crippen LogP contribution in [0, 0.1) is 0 Å². The van der Waals surface area contributed by atoms with Crippen LogP contribution >= 0.6 is 0 Å². The summed E-state index contributed by atoms with van der Waals surface area (Å²) in [6.07, 6.45) is -1.56. The van der Waals surface area contributed by atoms with Crippen molar-refractivity contribution in [3.05, 3.63) is 78.9 Å². The normalized spacial score (nSPS) is 12.8. The number of ether oxygens (including phenoxy) is 3. The molecule has 0 aromatic heterocycles. The van der Waals surface area contributed by atoms with Gasteiger partial charge in [-0.25, -0.2) is 18.0 Å². The summed E-state index contributed by atoms with van der Waals surface area (Å²) in [5.74, 6) is -0.296. The molecular weight excluding hydrogens is 422 g/mol. The van der Waals surface area contributed by atoms with Crippen molar-refractivity contribution in [1.82, 2.24) is 5.32 Å². The predicted octanol–water partition coefficient (Wildman–Crippen LogP) is 3.48. The lowest BCUT2D eigenvalue weighted by atomic mass is 10.1. The summed E-state index contributed by atoms with van der Waals surface area (Å²) in [6.45, 7) is 3.62. The molecule has 2 atom stereocenters. The highest BCUT2D eigenvalue weighted by atomic mass is 32.2. The highest BCUT2D eigenvalue weighted by Crippen LogP contribution is 2.15. The van der Waals surface area contributed by atoms with Crippen molar-refractivity contribution in [1.29, 1.82) is 0 Å². The molecule has 1 amide bonds. The second kappa shape index (κ2) is 11.8. The molecule has 0 aliphatic rings. The highest BCUT2D eigenvalue weighted by molar-refractivity contribution is 7.91. The van der Waals surface area contributed by atoms with Crippen LogP contribution in [0.25, 0.3) is 0 Å². The van der Waals surface area contributed by atoms with Crippen molar-refractivity contribution in [3.8, 4) is 0 Å². The number of benzene rings is 2. The molecule has 0 saturated carbocycles. The number of alkyl carbamates (subject to hydrolysis) is 1. The fourth-order valence-corrected chi connectivity index (χ4v) is 4.09. The molecule has 0 aliphatic carbocycles. The Bertz CT molecular complexity index is 962. The van der Waals surface area contributed by atoms with Gasteiger partial charge in [0.2, 0.25) is 0 Å². The molecule has 9 heteroatoms. The van der Waals surface area contributed by atoms with E-state index in [2.05, 4.69) is 16.6 Å². The van der Waals surface area contributed by atoms with Crippen LogP contribution in [0.3, 0.4) is 0 Å². The van der Waals surface area contributed by atoms with Gasteiger partial charge in [-0.15, -0.1) is 0 Å². The lowest BCUT2D eigenvalue weighted by Crippen LogP contribution is -2.45. The number of rotatable bonds is 10. The molecule has 166 valence electrons. The van der Waals surface area contributed by atoms with Crippen molar-refractivity contribution in [3.63, 3.8) is 0 Å². The van der Waals surface area contributed by atoms with Gasteiger partial charge in [-0.05, 0) is 30.2 Å². The Morgan fingerprint density at radius 1 is 1.06 bits per heavy atom. The smallest absolute Gasteiger partial charge is 0.445 e. The minimum absolute atomic E-state index is 0.0261. The van der Waals surface area contributed by atoms with Crippen molar-refractivity contribution >= 4 is 22.1 Å². The summed E-state index contributed by atoms with van der Waals surface area (Å²) in [6, 6.07) is 16.1. The zero-order valence-electron chi connectivity index (χ0n) is 17.1. The summed E-state index contributed by atoms with van der Waals surface area (Å²) in [7, 11) is -2.48. The van der Waals surface area contributed by atoms with Gasteiger partial charge in [0.05, 0.1) is 23.8 Å². The molecule has 2 rings (SSSR count). The molecule has 31 heavy (non-hydrogen) atoms. The van der Waals surface area contributed by atoms with Crippen LogP contribution in [0.15, 0.2) is 78.2 Å². The molecule has 8 nitrogen and oxygen atoms in total. The molecule has 2 aromatic carbocycles. The summed E-state index contributed by atoms with van der Waals surface area (Å²) in [4.78, 5) is 24.0. The Morgan fingerprint density at radius 2 is 1.68 bits per heavy atom. The van der Waals surface area contributed by atoms with Gasteiger partial charge >= 0.3 is 12.2 Å². The number of amides is 1. The largest absolute Gasteiger partial charge is 0.508 e. The molecule has 0 spiro atoms. The Morgan fingerprint density at radius 3 is 2.26 bits per heavy atom. The molecule has 0 fully saturated rings. The minimum atomic E-state index is -3.62. The van der Waals surface area contributed by atoms with E-state index < -0.39 is 34.2 Å². The van der Waals surface area contributed by atoms with E-state index in [9.17, 15) is 18.0 Å². The lowest BCUT2D eigenvalue weighted by molar-refractivity contribution is 0.0377. The van der Waals surface area contributed by atoms with Crippen molar-refractivity contribution in [2.45, 2.75) is 30.1 Å². The van der Waals surface area contributed by atoms with Gasteiger partial charge in [0, 0.05) is 0 Å². The number of hydrogen-bond acceptors (Lipinski definition) is 7. The van der Waals surface area contributed by atoms with E-state index in [4.69, 9.17) is 9.47 Å². The molecule has 0 radical (unpaired) electrons. The monoisotopic (exact) mass is 447 g/mol. The van der Waals surface area contributed by atoms with Gasteiger partial charge < -0.3 is 19.5 Å². The van der Waals surface area contributed by atoms with Crippen LogP contribution in [0.5, 0.6) is 0 Å². The predicted molar refractivity (Wildman–Crippen MR) is 114 cm³/mol. The Hall–Kier alpha value is -3.33. The zero-order chi connectivity index (χ0) is 22.7. The standard InChI is InChI=1S/C22H25NO7S/c1-3-20(30-22(25)28-2)19(14-15-31(26,27)18-12-8-5-9-13-18)23-21(24)29-16-17-10-6-4-7-11-17/h3-13,19-20H,1,14-16H2,2H3,(H,23,24)/t19-,20+/m1/s1. The van der Waals surface area contributed by atoms with E-state index in [0.29, 0.717) is 0 Å². The second-order valence-corrected chi connectivity index (χ2v) is 8.61. The first-order valence-electron chi connectivity index (χ1n) is 9.48. The number of carbonyl (C=O) groups is 2. The van der Waals surface area contributed by atoms with E-state index in [1.165, 1.54) is 18.2 Å². The third-order valence-corrected chi connectivity index (χ3v) is 6.11. The Labute approximate surface area is 181 Å². The fraction of sp³-hybridized carbons (Fsp3) is 0.273. The molecule has 0 heterocycles. The first kappa shape index (κ1) is 23.9. The van der Waals surface area contributed by atoms with Crippen molar-refractivity contribution in [2.75, 3.05) is 12.9 Å². The topological polar surface area (TPSA) is 108 Å². The Balaban J connectivity index is 2.08. The third kappa shape index (κ3) is 7.78. The van der Waals surface area contributed by atoms with Crippen molar-refractivity contribution < 1.29 is 32.2 Å². The molecular formula is C22H25NO7S. The second-order valence-electron chi connectivity index (χ2n) is 6.51. The van der Waals surface area contributed by atoms with Gasteiger partial charge in [0.1, 0.15) is 12.7 Å². The van der Waals surface area contributed by atoms with Crippen LogP contribution in [0.1, 0.15) is 12.0 Å². The number of sulfone groups is 1. The van der Waals surface area contributed by atoms with Crippen LogP contribution < -0.4 is 5.32 Å². The van der Waals surface area contributed by atoms with E-state index >= 15 is 0 Å². The average Bonchev–Trinajstić information content (AvgIpc) is 2.80. The fourth-order valence-electron chi connectivity index (χ4n) is 2.72. The van der Waals surface area contributed by atoms with Crippen LogP contribution in [-0.4, -0.2) is 45.7 Å². The van der Waals surface area contributed by atoms with E-state index in [1.807, 2.05) is 18.2 Å². The molecule has 2 aromatic rings. The van der Waals surface area contributed by atoms with Gasteiger partial charge in [-0.2, -0.15) is 0 Å². The third-order valence-electron chi connectivity index (χ3n) is 4.34. The summed E-state index contributed by atoms with van der Waals surface area (Å²) < 4.78 is 40.0. The summed E-state index contributed by atoms with van der Waals surface area (Å²) in [5.41, 5.74) is 0.784. The van der Waals surface area contributed by atoms with Gasteiger partial charge in [-0.3, -0.25) is 0 Å². The zero-order valence-corrected chi connectivity index (χ0v) is 17.9. The first-order chi connectivity index (χ1) is 14.9. The highest BCUT2D eigenvalue weighted by Gasteiger charge is 2.28. The van der Waals surface area contributed by atoms with E-state index in [1.54, 1.807) is 30.3 Å². The maximum absolute atomic E-state index is 12.6. The van der Waals surface area contributed by atoms with E-state index in [0.717, 1.165) is 12.7 Å².